The van der Waals surface area contributed by atoms with Crippen molar-refractivity contribution in [3.05, 3.63) is 0 Å². The van der Waals surface area contributed by atoms with E-state index in [0.29, 0.717) is 5.92 Å². The number of hydrogen-bond donors (Lipinski definition) is 1. The van der Waals surface area contributed by atoms with Gasteiger partial charge in [-0.1, -0.05) is 49.0 Å². The Morgan fingerprint density at radius 2 is 2.00 bits per heavy atom. The molecule has 1 aliphatic rings. The van der Waals surface area contributed by atoms with Crippen LogP contribution in [0.15, 0.2) is 0 Å². The summed E-state index contributed by atoms with van der Waals surface area (Å²) in [7, 11) is 0. The van der Waals surface area contributed by atoms with Gasteiger partial charge in [0.2, 0.25) is 5.91 Å². The maximum absolute atomic E-state index is 12.2. The van der Waals surface area contributed by atoms with Crippen molar-refractivity contribution in [2.24, 2.45) is 11.3 Å². The van der Waals surface area contributed by atoms with Crippen LogP contribution in [0.4, 0.5) is 0 Å². The standard InChI is InChI=1S/C14H26BrNO/c1-3-6-12(7-10-15)11-16-13(17)14(2)8-4-5-9-14/h12H,3-11H2,1-2H3,(H,16,17). The van der Waals surface area contributed by atoms with Crippen molar-refractivity contribution in [2.75, 3.05) is 11.9 Å². The van der Waals surface area contributed by atoms with Gasteiger partial charge in [0.15, 0.2) is 0 Å². The van der Waals surface area contributed by atoms with Gasteiger partial charge in [0.05, 0.1) is 0 Å². The molecular weight excluding hydrogens is 278 g/mol. The first-order chi connectivity index (χ1) is 8.12. The second-order valence-corrected chi connectivity index (χ2v) is 6.40. The average molecular weight is 304 g/mol. The second kappa shape index (κ2) is 7.40. The Hall–Kier alpha value is -0.0500. The third-order valence-electron chi connectivity index (χ3n) is 4.02. The molecule has 1 atom stereocenters. The molecule has 0 spiro atoms. The molecule has 1 rings (SSSR count). The molecule has 2 nitrogen and oxygen atoms in total. The summed E-state index contributed by atoms with van der Waals surface area (Å²) in [6.07, 6.45) is 8.12. The van der Waals surface area contributed by atoms with Crippen LogP contribution in [-0.4, -0.2) is 17.8 Å². The Kier molecular flexibility index (Phi) is 6.53. The molecule has 1 amide bonds. The van der Waals surface area contributed by atoms with Gasteiger partial charge in [0.1, 0.15) is 0 Å². The van der Waals surface area contributed by atoms with Crippen LogP contribution in [0.1, 0.15) is 58.8 Å². The predicted octanol–water partition coefficient (Wildman–Crippen LogP) is 3.88. The van der Waals surface area contributed by atoms with E-state index in [9.17, 15) is 4.79 Å². The minimum Gasteiger partial charge on any atom is -0.355 e. The molecule has 1 saturated carbocycles. The van der Waals surface area contributed by atoms with Crippen molar-refractivity contribution in [1.29, 1.82) is 0 Å². The Morgan fingerprint density at radius 3 is 2.53 bits per heavy atom. The largest absolute Gasteiger partial charge is 0.355 e. The Morgan fingerprint density at radius 1 is 1.35 bits per heavy atom. The highest BCUT2D eigenvalue weighted by molar-refractivity contribution is 9.09. The zero-order chi connectivity index (χ0) is 12.7. The molecule has 1 unspecified atom stereocenters. The van der Waals surface area contributed by atoms with Gasteiger partial charge in [0.25, 0.3) is 0 Å². The molecule has 0 heterocycles. The van der Waals surface area contributed by atoms with Crippen LogP contribution in [0.25, 0.3) is 0 Å². The van der Waals surface area contributed by atoms with E-state index in [2.05, 4.69) is 35.1 Å². The van der Waals surface area contributed by atoms with Crippen molar-refractivity contribution in [2.45, 2.75) is 58.8 Å². The lowest BCUT2D eigenvalue weighted by molar-refractivity contribution is -0.130. The van der Waals surface area contributed by atoms with Crippen LogP contribution in [0.2, 0.25) is 0 Å². The second-order valence-electron chi connectivity index (χ2n) is 5.61. The van der Waals surface area contributed by atoms with Crippen molar-refractivity contribution in [1.82, 2.24) is 5.32 Å². The highest BCUT2D eigenvalue weighted by Crippen LogP contribution is 2.37. The molecule has 0 aliphatic heterocycles. The van der Waals surface area contributed by atoms with E-state index in [1.807, 2.05) is 0 Å². The summed E-state index contributed by atoms with van der Waals surface area (Å²) in [5.74, 6) is 0.916. The summed E-state index contributed by atoms with van der Waals surface area (Å²) in [5.41, 5.74) is -0.0782. The van der Waals surface area contributed by atoms with Gasteiger partial charge in [-0.05, 0) is 31.6 Å². The van der Waals surface area contributed by atoms with Crippen molar-refractivity contribution >= 4 is 21.8 Å². The van der Waals surface area contributed by atoms with Crippen LogP contribution in [0.3, 0.4) is 0 Å². The fourth-order valence-electron chi connectivity index (χ4n) is 2.74. The fourth-order valence-corrected chi connectivity index (χ4v) is 3.39. The molecule has 1 fully saturated rings. The smallest absolute Gasteiger partial charge is 0.225 e. The van der Waals surface area contributed by atoms with Crippen molar-refractivity contribution in [3.63, 3.8) is 0 Å². The molecular formula is C14H26BrNO. The van der Waals surface area contributed by atoms with Crippen molar-refractivity contribution < 1.29 is 4.79 Å². The monoisotopic (exact) mass is 303 g/mol. The topological polar surface area (TPSA) is 29.1 Å². The molecule has 0 aromatic heterocycles. The van der Waals surface area contributed by atoms with E-state index in [4.69, 9.17) is 0 Å². The normalized spacial score (nSPS) is 20.2. The number of carbonyl (C=O) groups excluding carboxylic acids is 1. The number of halogens is 1. The molecule has 0 radical (unpaired) electrons. The van der Waals surface area contributed by atoms with Gasteiger partial charge in [-0.15, -0.1) is 0 Å². The maximum Gasteiger partial charge on any atom is 0.225 e. The lowest BCUT2D eigenvalue weighted by atomic mass is 9.87. The Bertz CT molecular complexity index is 230. The van der Waals surface area contributed by atoms with Gasteiger partial charge < -0.3 is 5.32 Å². The predicted molar refractivity (Wildman–Crippen MR) is 76.4 cm³/mol. The molecule has 1 aliphatic carbocycles. The van der Waals surface area contributed by atoms with Crippen LogP contribution >= 0.6 is 15.9 Å². The first-order valence-corrected chi connectivity index (χ1v) is 8.09. The van der Waals surface area contributed by atoms with Crippen LogP contribution in [0.5, 0.6) is 0 Å². The van der Waals surface area contributed by atoms with E-state index in [1.165, 1.54) is 25.7 Å². The van der Waals surface area contributed by atoms with E-state index in [0.717, 1.165) is 31.1 Å². The fraction of sp³-hybridized carbons (Fsp3) is 0.929. The summed E-state index contributed by atoms with van der Waals surface area (Å²) in [4.78, 5) is 12.2. The molecule has 17 heavy (non-hydrogen) atoms. The van der Waals surface area contributed by atoms with Gasteiger partial charge in [0, 0.05) is 17.3 Å². The minimum atomic E-state index is -0.0782. The van der Waals surface area contributed by atoms with E-state index in [-0.39, 0.29) is 11.3 Å². The third kappa shape index (κ3) is 4.61. The maximum atomic E-state index is 12.2. The number of carbonyl (C=O) groups is 1. The van der Waals surface area contributed by atoms with Gasteiger partial charge in [-0.2, -0.15) is 0 Å². The first-order valence-electron chi connectivity index (χ1n) is 6.96. The zero-order valence-electron chi connectivity index (χ0n) is 11.2. The number of alkyl halides is 1. The van der Waals surface area contributed by atoms with E-state index in [1.54, 1.807) is 0 Å². The van der Waals surface area contributed by atoms with Gasteiger partial charge in [-0.25, -0.2) is 0 Å². The summed E-state index contributed by atoms with van der Waals surface area (Å²) < 4.78 is 0. The quantitative estimate of drug-likeness (QED) is 0.710. The van der Waals surface area contributed by atoms with Crippen molar-refractivity contribution in [3.8, 4) is 0 Å². The molecule has 0 aromatic carbocycles. The summed E-state index contributed by atoms with van der Waals surface area (Å²) in [6, 6.07) is 0. The molecule has 100 valence electrons. The zero-order valence-corrected chi connectivity index (χ0v) is 12.8. The van der Waals surface area contributed by atoms with Gasteiger partial charge in [-0.3, -0.25) is 4.79 Å². The molecule has 0 saturated heterocycles. The lowest BCUT2D eigenvalue weighted by Crippen LogP contribution is -2.39. The molecule has 0 aromatic rings. The number of rotatable bonds is 7. The van der Waals surface area contributed by atoms with Gasteiger partial charge >= 0.3 is 0 Å². The number of hydrogen-bond acceptors (Lipinski definition) is 1. The summed E-state index contributed by atoms with van der Waals surface area (Å²) >= 11 is 3.49. The summed E-state index contributed by atoms with van der Waals surface area (Å²) in [5, 5.41) is 4.21. The van der Waals surface area contributed by atoms with Crippen LogP contribution in [0, 0.1) is 11.3 Å². The van der Waals surface area contributed by atoms with E-state index < -0.39 is 0 Å². The molecule has 1 N–H and O–H groups in total. The highest BCUT2D eigenvalue weighted by Gasteiger charge is 2.36. The average Bonchev–Trinajstić information content (AvgIpc) is 2.74. The SMILES string of the molecule is CCCC(CCBr)CNC(=O)C1(C)CCCC1. The summed E-state index contributed by atoms with van der Waals surface area (Å²) in [6.45, 7) is 5.18. The van der Waals surface area contributed by atoms with E-state index >= 15 is 0 Å². The first kappa shape index (κ1) is 15.0. The minimum absolute atomic E-state index is 0.0782. The number of nitrogens with one attached hydrogen (secondary N) is 1. The number of amides is 1. The molecule has 3 heteroatoms. The Labute approximate surface area is 114 Å². The Balaban J connectivity index is 2.34. The van der Waals surface area contributed by atoms with Crippen LogP contribution < -0.4 is 5.32 Å². The highest BCUT2D eigenvalue weighted by atomic mass is 79.9. The lowest BCUT2D eigenvalue weighted by Gasteiger charge is -2.24. The van der Waals surface area contributed by atoms with Crippen LogP contribution in [-0.2, 0) is 4.79 Å². The molecule has 0 bridgehead atoms. The third-order valence-corrected chi connectivity index (χ3v) is 4.48.